The number of halogens is 1. The quantitative estimate of drug-likeness (QED) is 0.355. The van der Waals surface area contributed by atoms with Gasteiger partial charge in [0.1, 0.15) is 11.9 Å². The molecule has 2 fully saturated rings. The molecule has 0 bridgehead atoms. The maximum atomic E-state index is 14.5. The standard InChI is InChI=1S/C28H32FN7O4/c1-38-24-15-18-14-20(28(37)30-22(18)16-25(24)39-2)26(27-31-32-33-36(27)17-19-6-5-13-40-19)35-11-9-34(10-12-35)23-8-4-3-7-21(23)29/h3-4,7-8,14-16,19,26H,5-6,9-13,17H2,1-2H3,(H,30,37)/t19-,26-/m0/s1. The lowest BCUT2D eigenvalue weighted by atomic mass is 10.0. The van der Waals surface area contributed by atoms with E-state index in [0.717, 1.165) is 24.8 Å². The normalized spacial score (nSPS) is 18.8. The second kappa shape index (κ2) is 11.2. The number of piperazine rings is 1. The summed E-state index contributed by atoms with van der Waals surface area (Å²) in [4.78, 5) is 20.9. The van der Waals surface area contributed by atoms with Crippen molar-refractivity contribution in [1.82, 2.24) is 30.1 Å². The van der Waals surface area contributed by atoms with E-state index >= 15 is 0 Å². The van der Waals surface area contributed by atoms with Crippen molar-refractivity contribution in [3.63, 3.8) is 0 Å². The SMILES string of the molecule is COc1cc2cc([C@@H](c3nnnn3C[C@@H]3CCCO3)N3CCN(c4ccccc4F)CC3)c(=O)[nH]c2cc1OC. The van der Waals surface area contributed by atoms with Gasteiger partial charge in [-0.05, 0) is 47.5 Å². The first-order chi connectivity index (χ1) is 19.6. The number of nitrogens with one attached hydrogen (secondary N) is 1. The van der Waals surface area contributed by atoms with E-state index in [0.29, 0.717) is 66.8 Å². The summed E-state index contributed by atoms with van der Waals surface area (Å²) >= 11 is 0. The number of ether oxygens (including phenoxy) is 3. The zero-order valence-corrected chi connectivity index (χ0v) is 22.5. The molecule has 2 aromatic heterocycles. The van der Waals surface area contributed by atoms with Crippen LogP contribution in [0.5, 0.6) is 11.5 Å². The average molecular weight is 550 g/mol. The second-order valence-corrected chi connectivity index (χ2v) is 10.1. The molecule has 0 aliphatic carbocycles. The molecule has 40 heavy (non-hydrogen) atoms. The number of rotatable bonds is 8. The third-order valence-electron chi connectivity index (χ3n) is 7.75. The number of fused-ring (bicyclic) bond motifs is 1. The van der Waals surface area contributed by atoms with Crippen molar-refractivity contribution < 1.29 is 18.6 Å². The Morgan fingerprint density at radius 1 is 1.10 bits per heavy atom. The molecule has 2 atom stereocenters. The van der Waals surface area contributed by atoms with E-state index in [2.05, 4.69) is 25.4 Å². The number of hydrogen-bond acceptors (Lipinski definition) is 9. The van der Waals surface area contributed by atoms with Crippen molar-refractivity contribution in [2.24, 2.45) is 0 Å². The monoisotopic (exact) mass is 549 g/mol. The molecule has 0 amide bonds. The van der Waals surface area contributed by atoms with Gasteiger partial charge in [-0.15, -0.1) is 5.10 Å². The van der Waals surface area contributed by atoms with Crippen LogP contribution in [-0.4, -0.2) is 83.2 Å². The fourth-order valence-corrected chi connectivity index (χ4v) is 5.70. The van der Waals surface area contributed by atoms with E-state index in [1.54, 1.807) is 37.1 Å². The minimum atomic E-state index is -0.527. The van der Waals surface area contributed by atoms with Gasteiger partial charge in [-0.1, -0.05) is 12.1 Å². The summed E-state index contributed by atoms with van der Waals surface area (Å²) < 4.78 is 33.0. The summed E-state index contributed by atoms with van der Waals surface area (Å²) in [6.07, 6.45) is 1.95. The molecule has 0 spiro atoms. The number of pyridine rings is 1. The summed E-state index contributed by atoms with van der Waals surface area (Å²) in [5.41, 5.74) is 1.48. The Labute approximate surface area is 230 Å². The molecule has 2 aliphatic heterocycles. The van der Waals surface area contributed by atoms with E-state index in [1.807, 2.05) is 23.1 Å². The number of nitrogens with zero attached hydrogens (tertiary/aromatic N) is 6. The minimum Gasteiger partial charge on any atom is -0.493 e. The number of anilines is 1. The van der Waals surface area contributed by atoms with Gasteiger partial charge in [-0.3, -0.25) is 9.69 Å². The van der Waals surface area contributed by atoms with Gasteiger partial charge < -0.3 is 24.1 Å². The van der Waals surface area contributed by atoms with Crippen LogP contribution in [0.3, 0.4) is 0 Å². The molecule has 0 radical (unpaired) electrons. The van der Waals surface area contributed by atoms with Gasteiger partial charge in [-0.25, -0.2) is 9.07 Å². The van der Waals surface area contributed by atoms with Crippen LogP contribution >= 0.6 is 0 Å². The van der Waals surface area contributed by atoms with Crippen molar-refractivity contribution in [1.29, 1.82) is 0 Å². The molecule has 0 saturated carbocycles. The zero-order chi connectivity index (χ0) is 27.6. The predicted molar refractivity (Wildman–Crippen MR) is 146 cm³/mol. The summed E-state index contributed by atoms with van der Waals surface area (Å²) in [5.74, 6) is 1.41. The fraction of sp³-hybridized carbons (Fsp3) is 0.429. The van der Waals surface area contributed by atoms with Gasteiger partial charge in [0.25, 0.3) is 5.56 Å². The Bertz CT molecular complexity index is 1540. The van der Waals surface area contributed by atoms with Crippen LogP contribution in [0.4, 0.5) is 10.1 Å². The maximum absolute atomic E-state index is 14.5. The van der Waals surface area contributed by atoms with Crippen LogP contribution in [0.2, 0.25) is 0 Å². The molecule has 6 rings (SSSR count). The Kier molecular flexibility index (Phi) is 7.35. The molecule has 11 nitrogen and oxygen atoms in total. The first kappa shape index (κ1) is 26.2. The highest BCUT2D eigenvalue weighted by Crippen LogP contribution is 2.34. The van der Waals surface area contributed by atoms with E-state index in [-0.39, 0.29) is 17.5 Å². The van der Waals surface area contributed by atoms with Gasteiger partial charge >= 0.3 is 0 Å². The number of aromatic nitrogens is 5. The van der Waals surface area contributed by atoms with Crippen molar-refractivity contribution in [2.45, 2.75) is 31.5 Å². The lowest BCUT2D eigenvalue weighted by molar-refractivity contribution is 0.0906. The van der Waals surface area contributed by atoms with Crippen molar-refractivity contribution >= 4 is 16.6 Å². The number of aromatic amines is 1. The third-order valence-corrected chi connectivity index (χ3v) is 7.75. The van der Waals surface area contributed by atoms with Crippen LogP contribution in [-0.2, 0) is 11.3 Å². The van der Waals surface area contributed by atoms with E-state index in [9.17, 15) is 9.18 Å². The largest absolute Gasteiger partial charge is 0.493 e. The maximum Gasteiger partial charge on any atom is 0.253 e. The number of H-pyrrole nitrogens is 1. The smallest absolute Gasteiger partial charge is 0.253 e. The molecule has 1 N–H and O–H groups in total. The van der Waals surface area contributed by atoms with Gasteiger partial charge in [0, 0.05) is 49.8 Å². The number of hydrogen-bond donors (Lipinski definition) is 1. The van der Waals surface area contributed by atoms with Gasteiger partial charge in [0.15, 0.2) is 17.3 Å². The topological polar surface area (TPSA) is 111 Å². The molecule has 210 valence electrons. The number of methoxy groups -OCH3 is 2. The minimum absolute atomic E-state index is 0.0208. The van der Waals surface area contributed by atoms with E-state index < -0.39 is 6.04 Å². The number of tetrazole rings is 1. The summed E-state index contributed by atoms with van der Waals surface area (Å²) in [6, 6.07) is 11.7. The number of benzene rings is 2. The molecule has 2 aliphatic rings. The molecule has 4 heterocycles. The highest BCUT2D eigenvalue weighted by Gasteiger charge is 2.34. The zero-order valence-electron chi connectivity index (χ0n) is 22.5. The van der Waals surface area contributed by atoms with Gasteiger partial charge in [0.05, 0.1) is 38.1 Å². The molecule has 12 heteroatoms. The van der Waals surface area contributed by atoms with E-state index in [4.69, 9.17) is 14.2 Å². The molecule has 0 unspecified atom stereocenters. The van der Waals surface area contributed by atoms with Gasteiger partial charge in [-0.2, -0.15) is 0 Å². The molecule has 2 saturated heterocycles. The summed E-state index contributed by atoms with van der Waals surface area (Å²) in [5, 5.41) is 13.5. The van der Waals surface area contributed by atoms with Crippen LogP contribution in [0.15, 0.2) is 47.3 Å². The molecule has 2 aromatic carbocycles. The van der Waals surface area contributed by atoms with Crippen LogP contribution in [0, 0.1) is 5.82 Å². The van der Waals surface area contributed by atoms with Gasteiger partial charge in [0.2, 0.25) is 0 Å². The highest BCUT2D eigenvalue weighted by molar-refractivity contribution is 5.83. The van der Waals surface area contributed by atoms with Crippen molar-refractivity contribution in [3.8, 4) is 11.5 Å². The first-order valence-corrected chi connectivity index (χ1v) is 13.5. The highest BCUT2D eigenvalue weighted by atomic mass is 19.1. The van der Waals surface area contributed by atoms with Crippen molar-refractivity contribution in [2.75, 3.05) is 51.9 Å². The fourth-order valence-electron chi connectivity index (χ4n) is 5.70. The van der Waals surface area contributed by atoms with Crippen molar-refractivity contribution in [3.05, 3.63) is 70.0 Å². The number of para-hydroxylation sites is 1. The van der Waals surface area contributed by atoms with Crippen LogP contribution in [0.25, 0.3) is 10.9 Å². The van der Waals surface area contributed by atoms with E-state index in [1.165, 1.54) is 6.07 Å². The molecular weight excluding hydrogens is 517 g/mol. The first-order valence-electron chi connectivity index (χ1n) is 13.5. The molecular formula is C28H32FN7O4. The Morgan fingerprint density at radius 2 is 1.88 bits per heavy atom. The lowest BCUT2D eigenvalue weighted by Crippen LogP contribution is -2.49. The van der Waals surface area contributed by atoms with Crippen LogP contribution in [0.1, 0.15) is 30.3 Å². The summed E-state index contributed by atoms with van der Waals surface area (Å²) in [7, 11) is 3.13. The third kappa shape index (κ3) is 5.00. The Morgan fingerprint density at radius 3 is 2.60 bits per heavy atom. The Balaban J connectivity index is 1.39. The Hall–Kier alpha value is -4.03. The predicted octanol–water partition coefficient (Wildman–Crippen LogP) is 2.76. The van der Waals surface area contributed by atoms with Crippen LogP contribution < -0.4 is 19.9 Å². The molecule has 4 aromatic rings. The second-order valence-electron chi connectivity index (χ2n) is 10.1. The summed E-state index contributed by atoms with van der Waals surface area (Å²) in [6.45, 7) is 3.55. The lowest BCUT2D eigenvalue weighted by Gasteiger charge is -2.39. The average Bonchev–Trinajstić information content (AvgIpc) is 3.66.